The molecule has 0 bridgehead atoms. The van der Waals surface area contributed by atoms with Crippen LogP contribution in [0.15, 0.2) is 65.6 Å². The quantitative estimate of drug-likeness (QED) is 0.410. The fourth-order valence-corrected chi connectivity index (χ4v) is 5.04. The Morgan fingerprint density at radius 1 is 0.818 bits per heavy atom. The molecule has 0 aliphatic rings. The number of carbonyl (C=O) groups is 1. The van der Waals surface area contributed by atoms with E-state index in [4.69, 9.17) is 23.2 Å². The van der Waals surface area contributed by atoms with Gasteiger partial charge < -0.3 is 5.32 Å². The Hall–Kier alpha value is -2.79. The van der Waals surface area contributed by atoms with Crippen LogP contribution >= 0.6 is 23.2 Å². The number of halogens is 2. The Balaban J connectivity index is 1.72. The Bertz CT molecular complexity index is 1420. The van der Waals surface area contributed by atoms with Gasteiger partial charge in [-0.15, -0.1) is 0 Å². The molecule has 0 unspecified atom stereocenters. The lowest BCUT2D eigenvalue weighted by Crippen LogP contribution is -2.15. The molecule has 33 heavy (non-hydrogen) atoms. The van der Waals surface area contributed by atoms with E-state index in [0.717, 1.165) is 6.26 Å². The maximum Gasteiger partial charge on any atom is 0.261 e. The zero-order valence-electron chi connectivity index (χ0n) is 17.4. The predicted octanol–water partition coefficient (Wildman–Crippen LogP) is 4.73. The molecule has 0 radical (unpaired) electrons. The number of rotatable bonds is 7. The van der Waals surface area contributed by atoms with Crippen LogP contribution in [0.25, 0.3) is 0 Å². The lowest BCUT2D eigenvalue weighted by molar-refractivity contribution is 0.102. The fourth-order valence-electron chi connectivity index (χ4n) is 2.82. The van der Waals surface area contributed by atoms with Gasteiger partial charge in [-0.2, -0.15) is 0 Å². The van der Waals surface area contributed by atoms with Crippen LogP contribution in [0.4, 0.5) is 17.1 Å². The zero-order chi connectivity index (χ0) is 24.4. The van der Waals surface area contributed by atoms with Crippen molar-refractivity contribution in [2.75, 3.05) is 21.0 Å². The molecule has 8 nitrogen and oxygen atoms in total. The van der Waals surface area contributed by atoms with Crippen LogP contribution < -0.4 is 14.8 Å². The van der Waals surface area contributed by atoms with E-state index >= 15 is 0 Å². The second kappa shape index (κ2) is 9.60. The van der Waals surface area contributed by atoms with Crippen molar-refractivity contribution in [1.29, 1.82) is 0 Å². The number of hydrogen-bond donors (Lipinski definition) is 3. The first kappa shape index (κ1) is 24.8. The Morgan fingerprint density at radius 3 is 2.03 bits per heavy atom. The van der Waals surface area contributed by atoms with E-state index in [2.05, 4.69) is 14.8 Å². The minimum atomic E-state index is -3.92. The summed E-state index contributed by atoms with van der Waals surface area (Å²) in [5, 5.41) is 3.20. The molecule has 3 aromatic carbocycles. The predicted molar refractivity (Wildman–Crippen MR) is 131 cm³/mol. The smallest absolute Gasteiger partial charge is 0.261 e. The first-order valence-corrected chi connectivity index (χ1v) is 13.4. The van der Waals surface area contributed by atoms with Crippen molar-refractivity contribution in [3.05, 3.63) is 81.8 Å². The molecule has 0 saturated carbocycles. The number of benzene rings is 3. The maximum absolute atomic E-state index is 12.6. The molecular weight excluding hydrogens is 509 g/mol. The summed E-state index contributed by atoms with van der Waals surface area (Å²) < 4.78 is 52.8. The summed E-state index contributed by atoms with van der Waals surface area (Å²) in [4.78, 5) is 12.5. The van der Waals surface area contributed by atoms with E-state index in [0.29, 0.717) is 27.5 Å². The van der Waals surface area contributed by atoms with Gasteiger partial charge in [-0.1, -0.05) is 23.2 Å². The summed E-state index contributed by atoms with van der Waals surface area (Å²) in [6, 6.07) is 14.5. The lowest BCUT2D eigenvalue weighted by Gasteiger charge is -2.12. The van der Waals surface area contributed by atoms with Gasteiger partial charge in [0.1, 0.15) is 0 Å². The minimum absolute atomic E-state index is 0.0291. The van der Waals surface area contributed by atoms with Crippen LogP contribution in [0.3, 0.4) is 0 Å². The number of amides is 1. The Kier molecular flexibility index (Phi) is 7.23. The van der Waals surface area contributed by atoms with Crippen molar-refractivity contribution in [3.63, 3.8) is 0 Å². The molecule has 0 aliphatic carbocycles. The lowest BCUT2D eigenvalue weighted by atomic mass is 10.1. The molecule has 3 N–H and O–H groups in total. The van der Waals surface area contributed by atoms with Gasteiger partial charge in [0.25, 0.3) is 15.9 Å². The normalized spacial score (nSPS) is 11.6. The number of anilines is 3. The molecular formula is C21H19Cl2N3O5S2. The van der Waals surface area contributed by atoms with Gasteiger partial charge in [0.05, 0.1) is 27.5 Å². The summed E-state index contributed by atoms with van der Waals surface area (Å²) in [5.74, 6) is -0.439. The van der Waals surface area contributed by atoms with Crippen LogP contribution in [0, 0.1) is 6.92 Å². The molecule has 12 heteroatoms. The molecule has 174 valence electrons. The van der Waals surface area contributed by atoms with E-state index in [1.807, 2.05) is 0 Å². The standard InChI is InChI=1S/C21H19Cl2N3O5S2/c1-13-11-14(3-9-19(13)25-32(2,28)29)21(27)24-16-5-7-17(8-6-16)33(30,31)26-20-10-4-15(22)12-18(20)23/h3-12,25-26H,1-2H3,(H,24,27). The van der Waals surface area contributed by atoms with Gasteiger partial charge in [0.15, 0.2) is 0 Å². The zero-order valence-corrected chi connectivity index (χ0v) is 20.5. The largest absolute Gasteiger partial charge is 0.322 e. The van der Waals surface area contributed by atoms with Crippen LogP contribution in [0.5, 0.6) is 0 Å². The average molecular weight is 528 g/mol. The molecule has 0 atom stereocenters. The van der Waals surface area contributed by atoms with Crippen molar-refractivity contribution in [2.24, 2.45) is 0 Å². The molecule has 0 spiro atoms. The summed E-state index contributed by atoms with van der Waals surface area (Å²) in [6.45, 7) is 1.67. The van der Waals surface area contributed by atoms with Crippen LogP contribution in [-0.4, -0.2) is 29.0 Å². The number of carbonyl (C=O) groups excluding carboxylic acids is 1. The van der Waals surface area contributed by atoms with Crippen molar-refractivity contribution in [2.45, 2.75) is 11.8 Å². The third-order valence-electron chi connectivity index (χ3n) is 4.38. The van der Waals surface area contributed by atoms with E-state index in [9.17, 15) is 21.6 Å². The van der Waals surface area contributed by atoms with Crippen molar-refractivity contribution in [1.82, 2.24) is 0 Å². The van der Waals surface area contributed by atoms with E-state index in [1.165, 1.54) is 54.6 Å². The third-order valence-corrected chi connectivity index (χ3v) is 6.90. The minimum Gasteiger partial charge on any atom is -0.322 e. The molecule has 0 heterocycles. The molecule has 0 aromatic heterocycles. The van der Waals surface area contributed by atoms with Crippen LogP contribution in [0.1, 0.15) is 15.9 Å². The van der Waals surface area contributed by atoms with Gasteiger partial charge >= 0.3 is 0 Å². The summed E-state index contributed by atoms with van der Waals surface area (Å²) in [5.41, 5.74) is 1.81. The molecule has 3 aromatic rings. The van der Waals surface area contributed by atoms with Gasteiger partial charge in [-0.05, 0) is 73.2 Å². The number of aryl methyl sites for hydroxylation is 1. The number of sulfonamides is 2. The van der Waals surface area contributed by atoms with Crippen molar-refractivity contribution < 1.29 is 21.6 Å². The van der Waals surface area contributed by atoms with E-state index in [-0.39, 0.29) is 15.6 Å². The van der Waals surface area contributed by atoms with E-state index in [1.54, 1.807) is 13.0 Å². The molecule has 0 fully saturated rings. The number of nitrogens with one attached hydrogen (secondary N) is 3. The van der Waals surface area contributed by atoms with Crippen LogP contribution in [-0.2, 0) is 20.0 Å². The molecule has 1 amide bonds. The monoisotopic (exact) mass is 527 g/mol. The first-order chi connectivity index (χ1) is 15.3. The second-order valence-electron chi connectivity index (χ2n) is 7.11. The van der Waals surface area contributed by atoms with E-state index < -0.39 is 26.0 Å². The third kappa shape index (κ3) is 6.61. The van der Waals surface area contributed by atoms with Crippen molar-refractivity contribution in [3.8, 4) is 0 Å². The highest BCUT2D eigenvalue weighted by Crippen LogP contribution is 2.28. The maximum atomic E-state index is 12.6. The molecule has 0 aliphatic heterocycles. The van der Waals surface area contributed by atoms with Gasteiger partial charge in [-0.3, -0.25) is 14.2 Å². The Morgan fingerprint density at radius 2 is 1.45 bits per heavy atom. The highest BCUT2D eigenvalue weighted by molar-refractivity contribution is 7.92. The summed E-state index contributed by atoms with van der Waals surface area (Å²) in [7, 11) is -7.36. The first-order valence-electron chi connectivity index (χ1n) is 9.32. The average Bonchev–Trinajstić information content (AvgIpc) is 2.71. The Labute approximate surface area is 202 Å². The van der Waals surface area contributed by atoms with Gasteiger partial charge in [0.2, 0.25) is 10.0 Å². The topological polar surface area (TPSA) is 121 Å². The highest BCUT2D eigenvalue weighted by atomic mass is 35.5. The second-order valence-corrected chi connectivity index (χ2v) is 11.4. The highest BCUT2D eigenvalue weighted by Gasteiger charge is 2.17. The summed E-state index contributed by atoms with van der Waals surface area (Å²) >= 11 is 11.9. The molecule has 3 rings (SSSR count). The molecule has 0 saturated heterocycles. The van der Waals surface area contributed by atoms with Crippen molar-refractivity contribution >= 4 is 66.2 Å². The number of hydrogen-bond acceptors (Lipinski definition) is 5. The SMILES string of the molecule is Cc1cc(C(=O)Nc2ccc(S(=O)(=O)Nc3ccc(Cl)cc3Cl)cc2)ccc1NS(C)(=O)=O. The summed E-state index contributed by atoms with van der Waals surface area (Å²) in [6.07, 6.45) is 1.04. The van der Waals surface area contributed by atoms with Crippen LogP contribution in [0.2, 0.25) is 10.0 Å². The fraction of sp³-hybridized carbons (Fsp3) is 0.0952. The van der Waals surface area contributed by atoms with Gasteiger partial charge in [0, 0.05) is 16.3 Å². The van der Waals surface area contributed by atoms with Gasteiger partial charge in [-0.25, -0.2) is 16.8 Å².